The summed E-state index contributed by atoms with van der Waals surface area (Å²) >= 11 is 6.43. The van der Waals surface area contributed by atoms with Crippen molar-refractivity contribution >= 4 is 40.0 Å². The zero-order valence-corrected chi connectivity index (χ0v) is 17.0. The highest BCUT2D eigenvalue weighted by Gasteiger charge is 2.28. The number of carbonyl (C=O) groups is 3. The second-order valence-electron chi connectivity index (χ2n) is 6.68. The normalized spacial score (nSPS) is 10.7. The molecule has 148 valence electrons. The number of fused-ring (bicyclic) bond motifs is 1. The molecular weight excluding hydrogens is 392 g/mol. The lowest BCUT2D eigenvalue weighted by Gasteiger charge is -2.08. The van der Waals surface area contributed by atoms with Gasteiger partial charge in [-0.3, -0.25) is 14.4 Å². The number of nitrogens with one attached hydrogen (secondary N) is 1. The van der Waals surface area contributed by atoms with E-state index >= 15 is 0 Å². The summed E-state index contributed by atoms with van der Waals surface area (Å²) in [5.74, 6) is 0.524. The fourth-order valence-corrected chi connectivity index (χ4v) is 3.77. The first-order valence-corrected chi connectivity index (χ1v) is 9.25. The highest BCUT2D eigenvalue weighted by Crippen LogP contribution is 2.30. The minimum absolute atomic E-state index is 0.0454. The van der Waals surface area contributed by atoms with E-state index in [1.807, 2.05) is 0 Å². The van der Waals surface area contributed by atoms with Gasteiger partial charge in [0.05, 0.1) is 29.1 Å². The highest BCUT2D eigenvalue weighted by atomic mass is 35.5. The molecule has 3 rings (SSSR count). The van der Waals surface area contributed by atoms with Gasteiger partial charge in [0.15, 0.2) is 5.78 Å². The summed E-state index contributed by atoms with van der Waals surface area (Å²) in [6.07, 6.45) is 6.70. The lowest BCUT2D eigenvalue weighted by molar-refractivity contribution is -0.116. The Bertz CT molecular complexity index is 1190. The molecule has 1 amide bonds. The topological polar surface area (TPSA) is 81.3 Å². The van der Waals surface area contributed by atoms with Crippen LogP contribution < -0.4 is 5.32 Å². The maximum atomic E-state index is 13.1. The van der Waals surface area contributed by atoms with Crippen LogP contribution in [0.4, 0.5) is 0 Å². The van der Waals surface area contributed by atoms with Crippen LogP contribution in [-0.2, 0) is 18.3 Å². The average molecular weight is 411 g/mol. The van der Waals surface area contributed by atoms with Crippen molar-refractivity contribution in [2.75, 3.05) is 6.54 Å². The van der Waals surface area contributed by atoms with Gasteiger partial charge in [-0.25, -0.2) is 0 Å². The standard InChI is InChI=1S/C22H19ClN2O4/c1-5-9-24-22(28)21(27)18-12(2)20(25(4)13(18)3)16(26)11-14-6-7-17-15(19(14)23)8-10-29-17/h1,6-8,10H,9,11H2,2-4H3,(H,24,28). The van der Waals surface area contributed by atoms with Crippen molar-refractivity contribution in [1.82, 2.24) is 9.88 Å². The number of ketones is 2. The van der Waals surface area contributed by atoms with Crippen molar-refractivity contribution in [3.63, 3.8) is 0 Å². The van der Waals surface area contributed by atoms with E-state index in [1.54, 1.807) is 43.7 Å². The van der Waals surface area contributed by atoms with Crippen LogP contribution in [0.5, 0.6) is 0 Å². The van der Waals surface area contributed by atoms with Crippen molar-refractivity contribution in [3.8, 4) is 12.3 Å². The van der Waals surface area contributed by atoms with Gasteiger partial charge in [0.2, 0.25) is 0 Å². The molecule has 0 bridgehead atoms. The summed E-state index contributed by atoms with van der Waals surface area (Å²) in [6.45, 7) is 3.30. The van der Waals surface area contributed by atoms with E-state index < -0.39 is 11.7 Å². The number of hydrogen-bond donors (Lipinski definition) is 1. The largest absolute Gasteiger partial charge is 0.464 e. The molecule has 0 atom stereocenters. The zero-order valence-electron chi connectivity index (χ0n) is 16.3. The molecule has 29 heavy (non-hydrogen) atoms. The predicted octanol–water partition coefficient (Wildman–Crippen LogP) is 3.40. The third-order valence-electron chi connectivity index (χ3n) is 4.98. The second kappa shape index (κ2) is 7.98. The van der Waals surface area contributed by atoms with Crippen LogP contribution in [0.3, 0.4) is 0 Å². The molecule has 0 radical (unpaired) electrons. The van der Waals surface area contributed by atoms with E-state index in [2.05, 4.69) is 11.2 Å². The maximum absolute atomic E-state index is 13.1. The summed E-state index contributed by atoms with van der Waals surface area (Å²) < 4.78 is 6.94. The van der Waals surface area contributed by atoms with Crippen molar-refractivity contribution in [3.05, 3.63) is 57.6 Å². The van der Waals surface area contributed by atoms with E-state index in [-0.39, 0.29) is 24.3 Å². The molecule has 2 aromatic heterocycles. The smallest absolute Gasteiger partial charge is 0.293 e. The van der Waals surface area contributed by atoms with Crippen LogP contribution in [-0.4, -0.2) is 28.6 Å². The fraction of sp³-hybridized carbons (Fsp3) is 0.227. The quantitative estimate of drug-likeness (QED) is 0.383. The number of furan rings is 1. The van der Waals surface area contributed by atoms with E-state index in [9.17, 15) is 14.4 Å². The average Bonchev–Trinajstić information content (AvgIpc) is 3.25. The van der Waals surface area contributed by atoms with Crippen molar-refractivity contribution in [1.29, 1.82) is 0 Å². The van der Waals surface area contributed by atoms with Gasteiger partial charge in [0.1, 0.15) is 5.58 Å². The van der Waals surface area contributed by atoms with Crippen LogP contribution in [0.25, 0.3) is 11.0 Å². The van der Waals surface area contributed by atoms with E-state index in [0.717, 1.165) is 5.39 Å². The number of aromatic nitrogens is 1. The molecule has 0 aliphatic rings. The molecule has 0 aliphatic carbocycles. The number of hydrogen-bond acceptors (Lipinski definition) is 4. The third-order valence-corrected chi connectivity index (χ3v) is 5.43. The number of rotatable bonds is 6. The molecular formula is C22H19ClN2O4. The van der Waals surface area contributed by atoms with Crippen molar-refractivity contribution in [2.24, 2.45) is 7.05 Å². The van der Waals surface area contributed by atoms with Crippen LogP contribution in [0.15, 0.2) is 28.9 Å². The lowest BCUT2D eigenvalue weighted by atomic mass is 10.0. The minimum atomic E-state index is -0.799. The Morgan fingerprint density at radius 2 is 1.97 bits per heavy atom. The summed E-state index contributed by atoms with van der Waals surface area (Å²) in [6, 6.07) is 5.25. The summed E-state index contributed by atoms with van der Waals surface area (Å²) in [4.78, 5) is 37.7. The minimum Gasteiger partial charge on any atom is -0.464 e. The molecule has 0 spiro atoms. The molecule has 0 unspecified atom stereocenters. The van der Waals surface area contributed by atoms with Gasteiger partial charge in [-0.1, -0.05) is 23.6 Å². The number of carbonyl (C=O) groups excluding carboxylic acids is 3. The van der Waals surface area contributed by atoms with E-state index in [4.69, 9.17) is 22.4 Å². The number of Topliss-reactive ketones (excluding diaryl/α,β-unsaturated/α-hetero) is 2. The van der Waals surface area contributed by atoms with E-state index in [0.29, 0.717) is 33.1 Å². The van der Waals surface area contributed by atoms with Crippen LogP contribution >= 0.6 is 11.6 Å². The first-order chi connectivity index (χ1) is 13.8. The Kier molecular flexibility index (Phi) is 5.62. The number of terminal acetylenes is 1. The predicted molar refractivity (Wildman–Crippen MR) is 110 cm³/mol. The Balaban J connectivity index is 1.95. The van der Waals surface area contributed by atoms with Gasteiger partial charge in [-0.15, -0.1) is 6.42 Å². The van der Waals surface area contributed by atoms with Gasteiger partial charge < -0.3 is 14.3 Å². The molecule has 0 saturated heterocycles. The number of benzene rings is 1. The van der Waals surface area contributed by atoms with Crippen LogP contribution in [0, 0.1) is 26.2 Å². The van der Waals surface area contributed by atoms with Gasteiger partial charge in [0.25, 0.3) is 11.7 Å². The maximum Gasteiger partial charge on any atom is 0.293 e. The van der Waals surface area contributed by atoms with Crippen molar-refractivity contribution in [2.45, 2.75) is 20.3 Å². The Morgan fingerprint density at radius 1 is 1.24 bits per heavy atom. The molecule has 2 heterocycles. The second-order valence-corrected chi connectivity index (χ2v) is 7.06. The van der Waals surface area contributed by atoms with Gasteiger partial charge in [-0.2, -0.15) is 0 Å². The molecule has 0 fully saturated rings. The highest BCUT2D eigenvalue weighted by molar-refractivity contribution is 6.43. The molecule has 0 aliphatic heterocycles. The molecule has 1 aromatic carbocycles. The van der Waals surface area contributed by atoms with Gasteiger partial charge >= 0.3 is 0 Å². The number of amides is 1. The SMILES string of the molecule is C#CCNC(=O)C(=O)c1c(C)c(C(=O)Cc2ccc3occc3c2Cl)n(C)c1C. The Hall–Kier alpha value is -3.30. The molecule has 3 aromatic rings. The van der Waals surface area contributed by atoms with Gasteiger partial charge in [-0.05, 0) is 37.1 Å². The first-order valence-electron chi connectivity index (χ1n) is 8.87. The Labute approximate surface area is 172 Å². The Morgan fingerprint density at radius 3 is 2.66 bits per heavy atom. The number of halogens is 1. The van der Waals surface area contributed by atoms with Crippen LogP contribution in [0.1, 0.15) is 37.7 Å². The van der Waals surface area contributed by atoms with Crippen molar-refractivity contribution < 1.29 is 18.8 Å². The summed E-state index contributed by atoms with van der Waals surface area (Å²) in [5, 5.41) is 3.55. The molecule has 0 saturated carbocycles. The molecule has 6 nitrogen and oxygen atoms in total. The monoisotopic (exact) mass is 410 g/mol. The fourth-order valence-electron chi connectivity index (χ4n) is 3.48. The molecule has 7 heteroatoms. The first kappa shape index (κ1) is 20.4. The van der Waals surface area contributed by atoms with Gasteiger partial charge in [0, 0.05) is 24.5 Å². The summed E-state index contributed by atoms with van der Waals surface area (Å²) in [5.41, 5.74) is 2.85. The van der Waals surface area contributed by atoms with Crippen LogP contribution in [0.2, 0.25) is 5.02 Å². The van der Waals surface area contributed by atoms with E-state index in [1.165, 1.54) is 6.26 Å². The molecule has 1 N–H and O–H groups in total. The third kappa shape index (κ3) is 3.57. The number of nitrogens with zero attached hydrogens (tertiary/aromatic N) is 1. The summed E-state index contributed by atoms with van der Waals surface area (Å²) in [7, 11) is 1.69. The lowest BCUT2D eigenvalue weighted by Crippen LogP contribution is -2.31. The zero-order chi connectivity index (χ0) is 21.3.